The average molecular weight is 868 g/mol. The SMILES string of the molecule is CC(C)(C)[Si](C)(C)OCc1cc(CO[Si](C)(C)C(C)(C)C)cc(-c2cc(Br)cc(CCC(F)(F)C(F)(F)C(F)(F)C(F)(F)C(F)(F)C(F)(F)F)c2)c1. The molecule has 0 aliphatic carbocycles. The molecule has 0 aliphatic heterocycles. The van der Waals surface area contributed by atoms with Crippen molar-refractivity contribution >= 4 is 32.6 Å². The van der Waals surface area contributed by atoms with Gasteiger partial charge in [0.2, 0.25) is 0 Å². The van der Waals surface area contributed by atoms with Crippen LogP contribution in [-0.4, -0.2) is 52.4 Å². The zero-order valence-electron chi connectivity index (χ0n) is 30.4. The monoisotopic (exact) mass is 866 g/mol. The summed E-state index contributed by atoms with van der Waals surface area (Å²) in [7, 11) is -4.49. The van der Waals surface area contributed by atoms with Gasteiger partial charge in [-0.05, 0) is 94.8 Å². The molecule has 0 atom stereocenters. The van der Waals surface area contributed by atoms with Crippen LogP contribution < -0.4 is 0 Å². The summed E-state index contributed by atoms with van der Waals surface area (Å²) in [4.78, 5) is 0. The Morgan fingerprint density at radius 1 is 0.500 bits per heavy atom. The van der Waals surface area contributed by atoms with E-state index in [2.05, 4.69) is 83.7 Å². The number of halogens is 14. The highest BCUT2D eigenvalue weighted by Gasteiger charge is 2.90. The van der Waals surface area contributed by atoms with Crippen LogP contribution in [0.25, 0.3) is 11.1 Å². The minimum atomic E-state index is -7.93. The van der Waals surface area contributed by atoms with Gasteiger partial charge in [-0.3, -0.25) is 0 Å². The lowest BCUT2D eigenvalue weighted by atomic mass is 9.90. The van der Waals surface area contributed by atoms with Gasteiger partial charge in [0.15, 0.2) is 16.6 Å². The topological polar surface area (TPSA) is 18.5 Å². The Bertz CT molecular complexity index is 1510. The van der Waals surface area contributed by atoms with E-state index < -0.39 is 65.3 Å². The van der Waals surface area contributed by atoms with Gasteiger partial charge in [-0.1, -0.05) is 69.6 Å². The summed E-state index contributed by atoms with van der Waals surface area (Å²) in [5.74, 6) is -37.0. The van der Waals surface area contributed by atoms with Crippen LogP contribution in [0.15, 0.2) is 40.9 Å². The minimum Gasteiger partial charge on any atom is -0.413 e. The molecule has 0 saturated heterocycles. The van der Waals surface area contributed by atoms with Crippen LogP contribution in [0, 0.1) is 0 Å². The van der Waals surface area contributed by atoms with E-state index >= 15 is 0 Å². The highest BCUT2D eigenvalue weighted by atomic mass is 79.9. The van der Waals surface area contributed by atoms with Gasteiger partial charge in [-0.25, -0.2) is 0 Å². The van der Waals surface area contributed by atoms with Gasteiger partial charge in [0.05, 0.1) is 13.2 Å². The second-order valence-corrected chi connectivity index (χ2v) is 26.5. The van der Waals surface area contributed by atoms with E-state index in [0.29, 0.717) is 22.3 Å². The van der Waals surface area contributed by atoms with Crippen molar-refractivity contribution in [2.45, 2.75) is 140 Å². The first-order chi connectivity index (χ1) is 22.8. The fourth-order valence-electron chi connectivity index (χ4n) is 4.28. The number of benzene rings is 2. The predicted octanol–water partition coefficient (Wildman–Crippen LogP) is 13.8. The molecule has 0 spiro atoms. The minimum absolute atomic E-state index is 0.129. The lowest BCUT2D eigenvalue weighted by Crippen LogP contribution is -2.70. The first-order valence-electron chi connectivity index (χ1n) is 16.0. The Hall–Kier alpha value is -1.64. The number of hydrogen-bond donors (Lipinski definition) is 0. The molecule has 0 unspecified atom stereocenters. The molecule has 0 fully saturated rings. The molecule has 2 aromatic carbocycles. The maximum atomic E-state index is 14.6. The summed E-state index contributed by atoms with van der Waals surface area (Å²) >= 11 is 3.18. The van der Waals surface area contributed by atoms with Crippen LogP contribution in [0.4, 0.5) is 57.1 Å². The summed E-state index contributed by atoms with van der Waals surface area (Å²) < 4.78 is 190. The van der Waals surface area contributed by atoms with E-state index in [4.69, 9.17) is 8.85 Å². The molecular weight excluding hydrogens is 823 g/mol. The molecule has 52 heavy (non-hydrogen) atoms. The summed E-state index contributed by atoms with van der Waals surface area (Å²) in [5.41, 5.74) is 2.04. The van der Waals surface area contributed by atoms with E-state index in [1.165, 1.54) is 12.1 Å². The van der Waals surface area contributed by atoms with Crippen molar-refractivity contribution in [1.29, 1.82) is 0 Å². The molecule has 2 nitrogen and oxygen atoms in total. The molecular formula is C34H44BrF13O2Si2. The average Bonchev–Trinajstić information content (AvgIpc) is 2.95. The Labute approximate surface area is 306 Å². The lowest BCUT2D eigenvalue weighted by Gasteiger charge is -2.39. The normalized spacial score (nSPS) is 15.0. The smallest absolute Gasteiger partial charge is 0.413 e. The molecule has 2 aromatic rings. The third kappa shape index (κ3) is 9.41. The van der Waals surface area contributed by atoms with Crippen LogP contribution >= 0.6 is 15.9 Å². The fourth-order valence-corrected chi connectivity index (χ4v) is 6.74. The van der Waals surface area contributed by atoms with Crippen LogP contribution in [0.5, 0.6) is 0 Å². The van der Waals surface area contributed by atoms with Crippen LogP contribution in [0.2, 0.25) is 36.3 Å². The van der Waals surface area contributed by atoms with Crippen molar-refractivity contribution in [3.8, 4) is 11.1 Å². The van der Waals surface area contributed by atoms with E-state index in [-0.39, 0.29) is 33.3 Å². The molecule has 298 valence electrons. The quantitative estimate of drug-likeness (QED) is 0.139. The van der Waals surface area contributed by atoms with Gasteiger partial charge < -0.3 is 8.85 Å². The van der Waals surface area contributed by atoms with Gasteiger partial charge in [0.25, 0.3) is 0 Å². The Morgan fingerprint density at radius 2 is 0.865 bits per heavy atom. The Balaban J connectivity index is 2.54. The van der Waals surface area contributed by atoms with Crippen LogP contribution in [-0.2, 0) is 28.5 Å². The largest absolute Gasteiger partial charge is 0.460 e. The van der Waals surface area contributed by atoms with Gasteiger partial charge in [-0.15, -0.1) is 0 Å². The summed E-state index contributed by atoms with van der Waals surface area (Å²) in [5, 5.41) is -0.258. The summed E-state index contributed by atoms with van der Waals surface area (Å²) in [6.07, 6.45) is -11.0. The second-order valence-electron chi connectivity index (χ2n) is 16.0. The number of rotatable bonds is 14. The van der Waals surface area contributed by atoms with E-state index in [0.717, 1.165) is 6.07 Å². The highest BCUT2D eigenvalue weighted by Crippen LogP contribution is 2.60. The van der Waals surface area contributed by atoms with Crippen molar-refractivity contribution in [3.63, 3.8) is 0 Å². The first-order valence-corrected chi connectivity index (χ1v) is 22.6. The number of aryl methyl sites for hydroxylation is 1. The number of hydrogen-bond acceptors (Lipinski definition) is 2. The van der Waals surface area contributed by atoms with Gasteiger partial charge >= 0.3 is 35.8 Å². The molecule has 0 amide bonds. The molecule has 0 bridgehead atoms. The molecule has 0 radical (unpaired) electrons. The highest BCUT2D eigenvalue weighted by molar-refractivity contribution is 9.10. The third-order valence-corrected chi connectivity index (χ3v) is 19.3. The van der Waals surface area contributed by atoms with E-state index in [9.17, 15) is 57.1 Å². The molecule has 2 rings (SSSR count). The van der Waals surface area contributed by atoms with Crippen molar-refractivity contribution in [3.05, 3.63) is 57.6 Å². The van der Waals surface area contributed by atoms with Crippen molar-refractivity contribution in [2.75, 3.05) is 0 Å². The van der Waals surface area contributed by atoms with Crippen molar-refractivity contribution in [2.24, 2.45) is 0 Å². The third-order valence-electron chi connectivity index (χ3n) is 9.88. The zero-order valence-corrected chi connectivity index (χ0v) is 34.0. The lowest BCUT2D eigenvalue weighted by molar-refractivity contribution is -0.440. The standard InChI is InChI=1S/C34H44BrF13O2Si2/c1-27(2,3)51(7,8)49-19-22-13-23(20-50-52(9,10)28(4,5)6)16-24(15-22)25-14-21(17-26(35)18-25)11-12-29(36,37)30(38,39)31(40,41)32(42,43)33(44,45)34(46,47)48/h13-18H,11-12,19-20H2,1-10H3. The van der Waals surface area contributed by atoms with Gasteiger partial charge in [-0.2, -0.15) is 57.1 Å². The predicted molar refractivity (Wildman–Crippen MR) is 183 cm³/mol. The van der Waals surface area contributed by atoms with Crippen LogP contribution in [0.3, 0.4) is 0 Å². The van der Waals surface area contributed by atoms with Gasteiger partial charge in [0, 0.05) is 10.9 Å². The van der Waals surface area contributed by atoms with Gasteiger partial charge in [0.1, 0.15) is 0 Å². The Morgan fingerprint density at radius 3 is 1.25 bits per heavy atom. The maximum Gasteiger partial charge on any atom is 0.460 e. The molecule has 0 heterocycles. The molecule has 0 aliphatic rings. The molecule has 0 N–H and O–H groups in total. The van der Waals surface area contributed by atoms with E-state index in [1.807, 2.05) is 6.07 Å². The Kier molecular flexibility index (Phi) is 13.2. The van der Waals surface area contributed by atoms with Crippen LogP contribution in [0.1, 0.15) is 64.7 Å². The molecule has 0 saturated carbocycles. The van der Waals surface area contributed by atoms with Crippen molar-refractivity contribution in [1.82, 2.24) is 0 Å². The van der Waals surface area contributed by atoms with Crippen molar-refractivity contribution < 1.29 is 65.9 Å². The first kappa shape index (κ1) is 46.5. The fraction of sp³-hybridized carbons (Fsp3) is 0.647. The number of alkyl halides is 13. The van der Waals surface area contributed by atoms with E-state index in [1.54, 1.807) is 12.1 Å². The zero-order chi connectivity index (χ0) is 40.9. The molecule has 18 heteroatoms. The maximum absolute atomic E-state index is 14.6. The summed E-state index contributed by atoms with van der Waals surface area (Å²) in [6.45, 7) is 20.9. The molecule has 0 aromatic heterocycles. The second kappa shape index (κ2) is 14.8. The summed E-state index contributed by atoms with van der Waals surface area (Å²) in [6, 6.07) is 9.28.